The summed E-state index contributed by atoms with van der Waals surface area (Å²) in [6.45, 7) is 2.74. The molecule has 0 spiro atoms. The van der Waals surface area contributed by atoms with Gasteiger partial charge in [0.2, 0.25) is 0 Å². The monoisotopic (exact) mass is 349 g/mol. The largest absolute Gasteiger partial charge is 0.383 e. The van der Waals surface area contributed by atoms with Gasteiger partial charge in [-0.3, -0.25) is 14.9 Å². The van der Waals surface area contributed by atoms with E-state index in [0.717, 1.165) is 4.88 Å². The van der Waals surface area contributed by atoms with E-state index in [2.05, 4.69) is 10.6 Å². The van der Waals surface area contributed by atoms with Crippen molar-refractivity contribution in [2.75, 3.05) is 25.6 Å². The van der Waals surface area contributed by atoms with Crippen LogP contribution in [0, 0.1) is 10.1 Å². The molecule has 0 aliphatic rings. The number of benzene rings is 1. The number of hydrogen-bond acceptors (Lipinski definition) is 6. The van der Waals surface area contributed by atoms with Gasteiger partial charge in [0.15, 0.2) is 0 Å². The molecule has 2 aromatic rings. The van der Waals surface area contributed by atoms with E-state index in [0.29, 0.717) is 18.8 Å². The highest BCUT2D eigenvalue weighted by molar-refractivity contribution is 7.10. The minimum atomic E-state index is -0.505. The Labute approximate surface area is 143 Å². The zero-order valence-corrected chi connectivity index (χ0v) is 14.3. The Balaban J connectivity index is 2.13. The number of methoxy groups -OCH3 is 1. The Bertz CT molecular complexity index is 703. The Hall–Kier alpha value is -2.45. The molecule has 2 N–H and O–H groups in total. The van der Waals surface area contributed by atoms with Gasteiger partial charge >= 0.3 is 0 Å². The molecule has 0 fully saturated rings. The van der Waals surface area contributed by atoms with E-state index >= 15 is 0 Å². The fourth-order valence-corrected chi connectivity index (χ4v) is 2.88. The normalized spacial score (nSPS) is 11.8. The van der Waals surface area contributed by atoms with Crippen LogP contribution in [-0.2, 0) is 4.74 Å². The molecule has 24 heavy (non-hydrogen) atoms. The van der Waals surface area contributed by atoms with Gasteiger partial charge in [0.1, 0.15) is 5.69 Å². The number of thiophene rings is 1. The number of nitro groups is 1. The molecule has 128 valence electrons. The van der Waals surface area contributed by atoms with Crippen LogP contribution in [0.4, 0.5) is 11.4 Å². The third kappa shape index (κ3) is 4.53. The Kier molecular flexibility index (Phi) is 6.28. The third-order valence-electron chi connectivity index (χ3n) is 3.40. The van der Waals surface area contributed by atoms with E-state index in [-0.39, 0.29) is 23.2 Å². The highest BCUT2D eigenvalue weighted by atomic mass is 32.1. The second kappa shape index (κ2) is 8.42. The molecule has 7 nitrogen and oxygen atoms in total. The van der Waals surface area contributed by atoms with E-state index in [1.165, 1.54) is 6.07 Å². The molecule has 0 aliphatic carbocycles. The van der Waals surface area contributed by atoms with E-state index in [9.17, 15) is 14.9 Å². The Morgan fingerprint density at radius 1 is 1.42 bits per heavy atom. The summed E-state index contributed by atoms with van der Waals surface area (Å²) < 4.78 is 4.91. The summed E-state index contributed by atoms with van der Waals surface area (Å²) in [7, 11) is 1.55. The van der Waals surface area contributed by atoms with Gasteiger partial charge in [0.25, 0.3) is 11.6 Å². The molecule has 1 aromatic heterocycles. The van der Waals surface area contributed by atoms with Crippen molar-refractivity contribution in [3.8, 4) is 0 Å². The summed E-state index contributed by atoms with van der Waals surface area (Å²) in [6.07, 6.45) is 0. The van der Waals surface area contributed by atoms with Crippen LogP contribution in [0.2, 0.25) is 0 Å². The molecule has 1 amide bonds. The predicted octanol–water partition coefficient (Wildman–Crippen LogP) is 3.21. The van der Waals surface area contributed by atoms with E-state index in [1.807, 2.05) is 24.4 Å². The molecule has 1 heterocycles. The topological polar surface area (TPSA) is 93.5 Å². The number of carbonyl (C=O) groups excluding carboxylic acids is 1. The first-order valence-electron chi connectivity index (χ1n) is 7.38. The molecule has 1 aromatic carbocycles. The highest BCUT2D eigenvalue weighted by Gasteiger charge is 2.19. The highest BCUT2D eigenvalue weighted by Crippen LogP contribution is 2.26. The van der Waals surface area contributed by atoms with Crippen molar-refractivity contribution in [1.29, 1.82) is 0 Å². The predicted molar refractivity (Wildman–Crippen MR) is 93.7 cm³/mol. The second-order valence-corrected chi connectivity index (χ2v) is 6.10. The zero-order valence-electron chi connectivity index (χ0n) is 13.4. The van der Waals surface area contributed by atoms with Gasteiger partial charge < -0.3 is 15.4 Å². The number of nitrogens with one attached hydrogen (secondary N) is 2. The van der Waals surface area contributed by atoms with Crippen LogP contribution in [0.3, 0.4) is 0 Å². The van der Waals surface area contributed by atoms with Crippen LogP contribution in [0.1, 0.15) is 28.2 Å². The number of hydrogen-bond donors (Lipinski definition) is 2. The van der Waals surface area contributed by atoms with Crippen LogP contribution in [0.15, 0.2) is 35.7 Å². The summed E-state index contributed by atoms with van der Waals surface area (Å²) in [5, 5.41) is 18.9. The van der Waals surface area contributed by atoms with Crippen molar-refractivity contribution in [3.63, 3.8) is 0 Å². The second-order valence-electron chi connectivity index (χ2n) is 5.12. The van der Waals surface area contributed by atoms with Crippen LogP contribution in [0.5, 0.6) is 0 Å². The number of rotatable bonds is 8. The molecule has 0 radical (unpaired) electrons. The van der Waals surface area contributed by atoms with Crippen molar-refractivity contribution in [3.05, 3.63) is 56.3 Å². The number of amides is 1. The van der Waals surface area contributed by atoms with Crippen molar-refractivity contribution >= 4 is 28.6 Å². The molecule has 2 rings (SSSR count). The number of ether oxygens (including phenoxy) is 1. The zero-order chi connectivity index (χ0) is 17.5. The van der Waals surface area contributed by atoms with Gasteiger partial charge in [-0.15, -0.1) is 11.3 Å². The lowest BCUT2D eigenvalue weighted by Gasteiger charge is -2.13. The number of nitro benzene ring substituents is 1. The first-order valence-corrected chi connectivity index (χ1v) is 8.26. The fourth-order valence-electron chi connectivity index (χ4n) is 2.15. The summed E-state index contributed by atoms with van der Waals surface area (Å²) in [4.78, 5) is 24.1. The number of anilines is 1. The fraction of sp³-hybridized carbons (Fsp3) is 0.312. The quantitative estimate of drug-likeness (QED) is 0.434. The summed E-state index contributed by atoms with van der Waals surface area (Å²) in [5.41, 5.74) is 0.477. The average Bonchev–Trinajstić information content (AvgIpc) is 3.09. The van der Waals surface area contributed by atoms with Crippen LogP contribution in [-0.4, -0.2) is 31.1 Å². The summed E-state index contributed by atoms with van der Waals surface area (Å²) in [5.74, 6) is -0.345. The van der Waals surface area contributed by atoms with E-state index < -0.39 is 4.92 Å². The Morgan fingerprint density at radius 3 is 2.83 bits per heavy atom. The smallest absolute Gasteiger partial charge is 0.293 e. The molecule has 0 saturated carbocycles. The molecule has 8 heteroatoms. The molecule has 1 unspecified atom stereocenters. The maximum atomic E-state index is 12.3. The van der Waals surface area contributed by atoms with Crippen LogP contribution in [0.25, 0.3) is 0 Å². The lowest BCUT2D eigenvalue weighted by atomic mass is 10.1. The van der Waals surface area contributed by atoms with E-state index in [1.54, 1.807) is 30.6 Å². The van der Waals surface area contributed by atoms with Gasteiger partial charge in [-0.25, -0.2) is 0 Å². The average molecular weight is 349 g/mol. The molecular weight excluding hydrogens is 330 g/mol. The number of carbonyl (C=O) groups is 1. The van der Waals surface area contributed by atoms with Gasteiger partial charge in [-0.1, -0.05) is 6.07 Å². The lowest BCUT2D eigenvalue weighted by molar-refractivity contribution is -0.384. The molecular formula is C16H19N3O4S. The first kappa shape index (κ1) is 17.9. The van der Waals surface area contributed by atoms with E-state index in [4.69, 9.17) is 4.74 Å². The third-order valence-corrected chi connectivity index (χ3v) is 4.45. The van der Waals surface area contributed by atoms with Gasteiger partial charge in [0.05, 0.1) is 17.6 Å². The van der Waals surface area contributed by atoms with Crippen molar-refractivity contribution in [1.82, 2.24) is 5.32 Å². The van der Waals surface area contributed by atoms with Gasteiger partial charge in [-0.05, 0) is 30.5 Å². The van der Waals surface area contributed by atoms with Crippen LogP contribution < -0.4 is 10.6 Å². The molecule has 0 aliphatic heterocycles. The van der Waals surface area contributed by atoms with Crippen molar-refractivity contribution < 1.29 is 14.5 Å². The SMILES string of the molecule is COCCNc1ccc(C(=O)NC(C)c2cccs2)cc1[N+](=O)[O-]. The standard InChI is InChI=1S/C16H19N3O4S/c1-11(15-4-3-9-24-15)18-16(20)12-5-6-13(17-7-8-23-2)14(10-12)19(21)22/h3-6,9-11,17H,7-8H2,1-2H3,(H,18,20). The maximum Gasteiger partial charge on any atom is 0.293 e. The molecule has 1 atom stereocenters. The van der Waals surface area contributed by atoms with Gasteiger partial charge in [-0.2, -0.15) is 0 Å². The summed E-state index contributed by atoms with van der Waals surface area (Å²) in [6, 6.07) is 8.08. The minimum Gasteiger partial charge on any atom is -0.383 e. The number of nitrogens with zero attached hydrogens (tertiary/aromatic N) is 1. The van der Waals surface area contributed by atoms with Crippen molar-refractivity contribution in [2.24, 2.45) is 0 Å². The maximum absolute atomic E-state index is 12.3. The van der Waals surface area contributed by atoms with Gasteiger partial charge in [0, 0.05) is 30.2 Å². The summed E-state index contributed by atoms with van der Waals surface area (Å²) >= 11 is 1.55. The van der Waals surface area contributed by atoms with Crippen LogP contribution >= 0.6 is 11.3 Å². The molecule has 0 bridgehead atoms. The molecule has 0 saturated heterocycles. The lowest BCUT2D eigenvalue weighted by Crippen LogP contribution is -2.26. The minimum absolute atomic E-state index is 0.137. The first-order chi connectivity index (χ1) is 11.5. The van der Waals surface area contributed by atoms with Crippen molar-refractivity contribution in [2.45, 2.75) is 13.0 Å². The Morgan fingerprint density at radius 2 is 2.21 bits per heavy atom.